The maximum atomic E-state index is 10.5. The molecule has 0 unspecified atom stereocenters. The van der Waals surface area contributed by atoms with Gasteiger partial charge >= 0.3 is 0 Å². The summed E-state index contributed by atoms with van der Waals surface area (Å²) in [5.74, 6) is 0.148. The van der Waals surface area contributed by atoms with Crippen LogP contribution in [-0.2, 0) is 0 Å². The zero-order chi connectivity index (χ0) is 11.5. The fourth-order valence-corrected chi connectivity index (χ4v) is 1.69. The third-order valence-corrected chi connectivity index (χ3v) is 2.71. The largest absolute Gasteiger partial charge is 0.359 e. The lowest BCUT2D eigenvalue weighted by molar-refractivity contribution is 0.111. The fraction of sp³-hybridized carbons (Fsp3) is 0.167. The lowest BCUT2D eigenvalue weighted by Gasteiger charge is -2.05. The molecule has 2 N–H and O–H groups in total. The first-order chi connectivity index (χ1) is 7.74. The van der Waals surface area contributed by atoms with E-state index in [1.165, 1.54) is 0 Å². The Bertz CT molecular complexity index is 464. The number of hydrogen-bond donors (Lipinski definition) is 2. The second-order valence-electron chi connectivity index (χ2n) is 3.73. The Morgan fingerprint density at radius 3 is 1.75 bits per heavy atom. The van der Waals surface area contributed by atoms with E-state index in [0.29, 0.717) is 11.4 Å². The number of aromatic amines is 2. The van der Waals surface area contributed by atoms with Gasteiger partial charge in [0.1, 0.15) is 0 Å². The Labute approximate surface area is 92.7 Å². The minimum absolute atomic E-state index is 0.148. The van der Waals surface area contributed by atoms with Crippen LogP contribution in [0.3, 0.4) is 0 Å². The predicted octanol–water partition coefficient (Wildman–Crippen LogP) is 2.12. The van der Waals surface area contributed by atoms with Gasteiger partial charge in [-0.05, 0) is 23.3 Å². The summed E-state index contributed by atoms with van der Waals surface area (Å²) in [5, 5.41) is 0. The van der Waals surface area contributed by atoms with Gasteiger partial charge in [0.25, 0.3) is 0 Å². The molecule has 0 aliphatic carbocycles. The highest BCUT2D eigenvalue weighted by atomic mass is 16.1. The SMILES string of the molecule is CC(c1c[nH]c(C=O)c1)c1c[nH]c(C=O)c1. The monoisotopic (exact) mass is 216 g/mol. The third kappa shape index (κ3) is 1.82. The zero-order valence-corrected chi connectivity index (χ0v) is 8.86. The zero-order valence-electron chi connectivity index (χ0n) is 8.86. The number of rotatable bonds is 4. The average molecular weight is 216 g/mol. The summed E-state index contributed by atoms with van der Waals surface area (Å²) in [7, 11) is 0. The first-order valence-corrected chi connectivity index (χ1v) is 5.01. The Balaban J connectivity index is 2.26. The van der Waals surface area contributed by atoms with Gasteiger partial charge in [-0.2, -0.15) is 0 Å². The summed E-state index contributed by atoms with van der Waals surface area (Å²) >= 11 is 0. The van der Waals surface area contributed by atoms with Crippen molar-refractivity contribution in [2.24, 2.45) is 0 Å². The van der Waals surface area contributed by atoms with E-state index in [4.69, 9.17) is 0 Å². The molecule has 16 heavy (non-hydrogen) atoms. The normalized spacial score (nSPS) is 10.6. The van der Waals surface area contributed by atoms with Gasteiger partial charge in [0.15, 0.2) is 12.6 Å². The van der Waals surface area contributed by atoms with Crippen molar-refractivity contribution in [2.45, 2.75) is 12.8 Å². The molecule has 0 aliphatic rings. The van der Waals surface area contributed by atoms with Crippen LogP contribution in [0.2, 0.25) is 0 Å². The van der Waals surface area contributed by atoms with Gasteiger partial charge in [-0.15, -0.1) is 0 Å². The van der Waals surface area contributed by atoms with E-state index in [0.717, 1.165) is 23.7 Å². The second kappa shape index (κ2) is 4.18. The lowest BCUT2D eigenvalue weighted by atomic mass is 9.97. The topological polar surface area (TPSA) is 65.7 Å². The molecule has 2 aromatic heterocycles. The van der Waals surface area contributed by atoms with Gasteiger partial charge in [0.2, 0.25) is 0 Å². The first kappa shape index (κ1) is 10.4. The fourth-order valence-electron chi connectivity index (χ4n) is 1.69. The van der Waals surface area contributed by atoms with Crippen molar-refractivity contribution in [1.82, 2.24) is 9.97 Å². The molecule has 0 amide bonds. The maximum Gasteiger partial charge on any atom is 0.166 e. The van der Waals surface area contributed by atoms with Crippen molar-refractivity contribution < 1.29 is 9.59 Å². The molecule has 0 radical (unpaired) electrons. The van der Waals surface area contributed by atoms with Crippen molar-refractivity contribution in [3.63, 3.8) is 0 Å². The summed E-state index contributed by atoms with van der Waals surface area (Å²) in [4.78, 5) is 26.8. The first-order valence-electron chi connectivity index (χ1n) is 5.01. The highest BCUT2D eigenvalue weighted by Gasteiger charge is 2.11. The number of aldehydes is 2. The molecule has 82 valence electrons. The molecule has 2 aromatic rings. The van der Waals surface area contributed by atoms with Crippen molar-refractivity contribution in [1.29, 1.82) is 0 Å². The molecule has 4 nitrogen and oxygen atoms in total. The summed E-state index contributed by atoms with van der Waals surface area (Å²) in [5.41, 5.74) is 3.18. The smallest absolute Gasteiger partial charge is 0.166 e. The number of carbonyl (C=O) groups excluding carboxylic acids is 2. The Hall–Kier alpha value is -2.10. The Kier molecular flexibility index (Phi) is 2.72. The number of nitrogens with one attached hydrogen (secondary N) is 2. The van der Waals surface area contributed by atoms with Crippen LogP contribution in [0.5, 0.6) is 0 Å². The minimum Gasteiger partial charge on any atom is -0.359 e. The van der Waals surface area contributed by atoms with Crippen LogP contribution in [0, 0.1) is 0 Å². The summed E-state index contributed by atoms with van der Waals surface area (Å²) in [6, 6.07) is 3.62. The molecule has 2 rings (SSSR count). The number of carbonyl (C=O) groups is 2. The van der Waals surface area contributed by atoms with E-state index in [9.17, 15) is 9.59 Å². The average Bonchev–Trinajstić information content (AvgIpc) is 2.97. The standard InChI is InChI=1S/C12H12N2O2/c1-8(9-2-11(6-15)13-4-9)10-3-12(7-16)14-5-10/h2-8,13-14H,1H3. The molecule has 0 saturated heterocycles. The number of hydrogen-bond acceptors (Lipinski definition) is 2. The van der Waals surface area contributed by atoms with Crippen LogP contribution in [0.4, 0.5) is 0 Å². The molecule has 4 heteroatoms. The van der Waals surface area contributed by atoms with Crippen LogP contribution in [0.15, 0.2) is 24.5 Å². The van der Waals surface area contributed by atoms with Crippen molar-refractivity contribution in [2.75, 3.05) is 0 Å². The second-order valence-corrected chi connectivity index (χ2v) is 3.73. The van der Waals surface area contributed by atoms with Crippen LogP contribution in [0.1, 0.15) is 44.9 Å². The molecule has 0 bridgehead atoms. The molecular formula is C12H12N2O2. The van der Waals surface area contributed by atoms with Gasteiger partial charge in [-0.25, -0.2) is 0 Å². The summed E-state index contributed by atoms with van der Waals surface area (Å²) in [6.45, 7) is 2.02. The van der Waals surface area contributed by atoms with E-state index >= 15 is 0 Å². The number of aromatic nitrogens is 2. The minimum atomic E-state index is 0.148. The molecule has 2 heterocycles. The van der Waals surface area contributed by atoms with E-state index in [-0.39, 0.29) is 5.92 Å². The van der Waals surface area contributed by atoms with Gasteiger partial charge in [-0.3, -0.25) is 9.59 Å². The van der Waals surface area contributed by atoms with Crippen LogP contribution in [0.25, 0.3) is 0 Å². The van der Waals surface area contributed by atoms with Gasteiger partial charge in [0.05, 0.1) is 11.4 Å². The Morgan fingerprint density at radius 2 is 1.44 bits per heavy atom. The van der Waals surface area contributed by atoms with Crippen LogP contribution < -0.4 is 0 Å². The molecule has 0 atom stereocenters. The molecule has 0 spiro atoms. The Morgan fingerprint density at radius 1 is 1.00 bits per heavy atom. The maximum absolute atomic E-state index is 10.5. The molecular weight excluding hydrogens is 204 g/mol. The van der Waals surface area contributed by atoms with Gasteiger partial charge < -0.3 is 9.97 Å². The van der Waals surface area contributed by atoms with E-state index in [1.54, 1.807) is 0 Å². The molecule has 0 aromatic carbocycles. The van der Waals surface area contributed by atoms with E-state index in [1.807, 2.05) is 31.5 Å². The predicted molar refractivity (Wildman–Crippen MR) is 59.9 cm³/mol. The molecule has 0 fully saturated rings. The van der Waals surface area contributed by atoms with Crippen LogP contribution >= 0.6 is 0 Å². The summed E-state index contributed by atoms with van der Waals surface area (Å²) < 4.78 is 0. The highest BCUT2D eigenvalue weighted by Crippen LogP contribution is 2.24. The van der Waals surface area contributed by atoms with E-state index in [2.05, 4.69) is 9.97 Å². The molecule has 0 saturated carbocycles. The van der Waals surface area contributed by atoms with Gasteiger partial charge in [-0.1, -0.05) is 6.92 Å². The number of H-pyrrole nitrogens is 2. The molecule has 0 aliphatic heterocycles. The quantitative estimate of drug-likeness (QED) is 0.769. The van der Waals surface area contributed by atoms with Crippen molar-refractivity contribution >= 4 is 12.6 Å². The van der Waals surface area contributed by atoms with Gasteiger partial charge in [0, 0.05) is 18.3 Å². The highest BCUT2D eigenvalue weighted by molar-refractivity contribution is 5.73. The van der Waals surface area contributed by atoms with E-state index < -0.39 is 0 Å². The van der Waals surface area contributed by atoms with Crippen molar-refractivity contribution in [3.8, 4) is 0 Å². The summed E-state index contributed by atoms with van der Waals surface area (Å²) in [6.07, 6.45) is 5.18. The third-order valence-electron chi connectivity index (χ3n) is 2.71. The van der Waals surface area contributed by atoms with Crippen LogP contribution in [-0.4, -0.2) is 22.5 Å². The van der Waals surface area contributed by atoms with Crippen molar-refractivity contribution in [3.05, 3.63) is 47.0 Å². The lowest BCUT2D eigenvalue weighted by Crippen LogP contribution is -1.91.